The first kappa shape index (κ1) is 39.8. The molecule has 0 bridgehead atoms. The van der Waals surface area contributed by atoms with Gasteiger partial charge in [-0.25, -0.2) is 0 Å². The van der Waals surface area contributed by atoms with E-state index >= 15 is 0 Å². The van der Waals surface area contributed by atoms with Crippen LogP contribution in [-0.4, -0.2) is 0 Å². The Morgan fingerprint density at radius 3 is 0.741 bits per heavy atom. The van der Waals surface area contributed by atoms with Crippen molar-refractivity contribution < 1.29 is 59.1 Å². The van der Waals surface area contributed by atoms with Crippen LogP contribution in [0.4, 0.5) is 0 Å². The Kier molecular flexibility index (Phi) is 62.6. The van der Waals surface area contributed by atoms with Crippen LogP contribution in [0.1, 0.15) is 142 Å². The maximum absolute atomic E-state index is 3.84. The van der Waals surface area contributed by atoms with Gasteiger partial charge < -0.3 is 13.8 Å². The van der Waals surface area contributed by atoms with Gasteiger partial charge in [-0.3, -0.25) is 0 Å². The van der Waals surface area contributed by atoms with E-state index in [-0.39, 0.29) is 72.6 Å². The molecule has 0 N–H and O–H groups in total. The third kappa shape index (κ3) is 47.5. The van der Waals surface area contributed by atoms with Crippen molar-refractivity contribution in [3.8, 4) is 0 Å². The van der Waals surface area contributed by atoms with Crippen molar-refractivity contribution in [3.05, 3.63) is 13.8 Å². The second kappa shape index (κ2) is 42.5. The molecule has 0 aromatic heterocycles. The third-order valence-electron chi connectivity index (χ3n) is 4.71. The minimum Gasteiger partial charge on any atom is -0.343 e. The van der Waals surface area contributed by atoms with Crippen LogP contribution in [-0.2, 0) is 0 Å². The van der Waals surface area contributed by atoms with E-state index in [1.807, 2.05) is 0 Å². The van der Waals surface area contributed by atoms with Gasteiger partial charge in [0.2, 0.25) is 0 Å². The minimum absolute atomic E-state index is 0. The predicted octanol–water partition coefficient (Wildman–Crippen LogP) is 3.60. The molecule has 0 atom stereocenters. The van der Waals surface area contributed by atoms with Crippen LogP contribution in [0.15, 0.2) is 0 Å². The molecule has 0 aliphatic heterocycles. The van der Waals surface area contributed by atoms with Gasteiger partial charge in [0.25, 0.3) is 0 Å². The van der Waals surface area contributed by atoms with E-state index in [4.69, 9.17) is 0 Å². The normalized spacial score (nSPS) is 9.33. The Hall–Kier alpha value is 2.35. The molecule has 0 saturated carbocycles. The summed E-state index contributed by atoms with van der Waals surface area (Å²) in [6.07, 6.45) is 27.8. The molecule has 156 valence electrons. The van der Waals surface area contributed by atoms with Crippen LogP contribution in [0.2, 0.25) is 0 Å². The molecule has 0 heterocycles. The SMILES string of the molecule is S.[CH2-]CCCCCCCCCCC.[CH2-]CCCCCCCCCCC.[Na+].[Na+]. The van der Waals surface area contributed by atoms with Gasteiger partial charge in [0.15, 0.2) is 0 Å². The van der Waals surface area contributed by atoms with Gasteiger partial charge in [-0.05, 0) is 0 Å². The van der Waals surface area contributed by atoms with E-state index in [9.17, 15) is 0 Å². The number of rotatable bonds is 18. The fraction of sp³-hybridized carbons (Fsp3) is 0.917. The summed E-state index contributed by atoms with van der Waals surface area (Å²) in [5.41, 5.74) is 0. The van der Waals surface area contributed by atoms with E-state index in [1.54, 1.807) is 0 Å². The molecule has 3 heteroatoms. The smallest absolute Gasteiger partial charge is 0.343 e. The van der Waals surface area contributed by atoms with Crippen LogP contribution in [0.25, 0.3) is 0 Å². The van der Waals surface area contributed by atoms with E-state index < -0.39 is 0 Å². The Bertz CT molecular complexity index is 149. The number of hydrogen-bond acceptors (Lipinski definition) is 0. The molecule has 0 saturated heterocycles. The largest absolute Gasteiger partial charge is 1.00 e. The molecular formula is C24H52Na2S. The van der Waals surface area contributed by atoms with Crippen molar-refractivity contribution in [2.45, 2.75) is 142 Å². The molecule has 0 aliphatic carbocycles. The van der Waals surface area contributed by atoms with Gasteiger partial charge in [0.1, 0.15) is 0 Å². The summed E-state index contributed by atoms with van der Waals surface area (Å²) in [6, 6.07) is 0. The van der Waals surface area contributed by atoms with Gasteiger partial charge in [-0.2, -0.15) is 26.3 Å². The first-order valence-corrected chi connectivity index (χ1v) is 11.4. The Morgan fingerprint density at radius 2 is 0.556 bits per heavy atom. The van der Waals surface area contributed by atoms with Gasteiger partial charge in [0, 0.05) is 0 Å². The number of unbranched alkanes of at least 4 members (excludes halogenated alkanes) is 18. The molecule has 0 aromatic rings. The second-order valence-corrected chi connectivity index (χ2v) is 7.36. The molecule has 0 aliphatic rings. The van der Waals surface area contributed by atoms with Gasteiger partial charge >= 0.3 is 59.1 Å². The maximum Gasteiger partial charge on any atom is 1.00 e. The monoisotopic (exact) mass is 418 g/mol. The fourth-order valence-corrected chi connectivity index (χ4v) is 2.97. The Labute approximate surface area is 226 Å². The van der Waals surface area contributed by atoms with Crippen LogP contribution < -0.4 is 59.1 Å². The average molecular weight is 419 g/mol. The van der Waals surface area contributed by atoms with E-state index in [0.29, 0.717) is 0 Å². The van der Waals surface area contributed by atoms with Crippen LogP contribution in [0, 0.1) is 13.8 Å². The molecular weight excluding hydrogens is 366 g/mol. The molecule has 0 radical (unpaired) electrons. The predicted molar refractivity (Wildman–Crippen MR) is 125 cm³/mol. The Morgan fingerprint density at radius 1 is 0.370 bits per heavy atom. The molecule has 0 unspecified atom stereocenters. The van der Waals surface area contributed by atoms with Crippen LogP contribution in [0.5, 0.6) is 0 Å². The van der Waals surface area contributed by atoms with Crippen molar-refractivity contribution in [2.24, 2.45) is 0 Å². The molecule has 0 spiro atoms. The van der Waals surface area contributed by atoms with Crippen LogP contribution in [0.3, 0.4) is 0 Å². The van der Waals surface area contributed by atoms with Gasteiger partial charge in [0.05, 0.1) is 0 Å². The van der Waals surface area contributed by atoms with Gasteiger partial charge in [-0.15, -0.1) is 0 Å². The molecule has 0 aromatic carbocycles. The second-order valence-electron chi connectivity index (χ2n) is 7.36. The van der Waals surface area contributed by atoms with E-state index in [0.717, 1.165) is 12.8 Å². The van der Waals surface area contributed by atoms with Crippen molar-refractivity contribution in [3.63, 3.8) is 0 Å². The summed E-state index contributed by atoms with van der Waals surface area (Å²) < 4.78 is 0. The zero-order chi connectivity index (χ0) is 18.1. The third-order valence-corrected chi connectivity index (χ3v) is 4.71. The summed E-state index contributed by atoms with van der Waals surface area (Å²) in [4.78, 5) is 0. The van der Waals surface area contributed by atoms with Crippen molar-refractivity contribution in [1.82, 2.24) is 0 Å². The molecule has 0 amide bonds. The summed E-state index contributed by atoms with van der Waals surface area (Å²) in [5.74, 6) is 0. The topological polar surface area (TPSA) is 0 Å². The zero-order valence-corrected chi connectivity index (χ0v) is 25.1. The average Bonchev–Trinajstić information content (AvgIpc) is 2.60. The molecule has 0 fully saturated rings. The summed E-state index contributed by atoms with van der Waals surface area (Å²) in [7, 11) is 0. The van der Waals surface area contributed by atoms with E-state index in [2.05, 4.69) is 27.7 Å². The minimum atomic E-state index is 0. The maximum atomic E-state index is 3.84. The van der Waals surface area contributed by atoms with Gasteiger partial charge in [-0.1, -0.05) is 129 Å². The fourth-order valence-electron chi connectivity index (χ4n) is 2.97. The van der Waals surface area contributed by atoms with Crippen molar-refractivity contribution in [2.75, 3.05) is 0 Å². The molecule has 0 rings (SSSR count). The van der Waals surface area contributed by atoms with Crippen molar-refractivity contribution in [1.29, 1.82) is 0 Å². The molecule has 27 heavy (non-hydrogen) atoms. The summed E-state index contributed by atoms with van der Waals surface area (Å²) in [6.45, 7) is 12.2. The number of hydrogen-bond donors (Lipinski definition) is 0. The first-order valence-electron chi connectivity index (χ1n) is 11.4. The summed E-state index contributed by atoms with van der Waals surface area (Å²) >= 11 is 0. The summed E-state index contributed by atoms with van der Waals surface area (Å²) in [5, 5.41) is 0. The zero-order valence-electron chi connectivity index (χ0n) is 20.1. The Balaban J connectivity index is -0.000000108. The standard InChI is InChI=1S/2C12H25.2Na.H2S/c2*1-3-5-7-9-11-12-10-8-6-4-2;;;/h2*1,3-12H2,2H3;;;1H2/q2*-1;2*+1;. The quantitative estimate of drug-likeness (QED) is 0.181. The van der Waals surface area contributed by atoms with E-state index in [1.165, 1.54) is 116 Å². The molecule has 0 nitrogen and oxygen atoms in total. The van der Waals surface area contributed by atoms with Crippen molar-refractivity contribution >= 4 is 13.5 Å². The van der Waals surface area contributed by atoms with Crippen LogP contribution >= 0.6 is 13.5 Å². The first-order chi connectivity index (χ1) is 11.8.